The SMILES string of the molecule is CNCCCC(=O)NC(C)Cc1ccc(Br)cc1.Cl. The van der Waals surface area contributed by atoms with Gasteiger partial charge in [0, 0.05) is 16.9 Å². The highest BCUT2D eigenvalue weighted by atomic mass is 79.9. The van der Waals surface area contributed by atoms with Gasteiger partial charge in [-0.25, -0.2) is 0 Å². The summed E-state index contributed by atoms with van der Waals surface area (Å²) in [6, 6.07) is 8.38. The molecule has 0 aliphatic carbocycles. The van der Waals surface area contributed by atoms with E-state index >= 15 is 0 Å². The van der Waals surface area contributed by atoms with Crippen molar-refractivity contribution in [2.75, 3.05) is 13.6 Å². The Morgan fingerprint density at radius 1 is 1.32 bits per heavy atom. The van der Waals surface area contributed by atoms with Gasteiger partial charge in [-0.05, 0) is 51.1 Å². The lowest BCUT2D eigenvalue weighted by Crippen LogP contribution is -2.34. The molecule has 0 aliphatic heterocycles. The van der Waals surface area contributed by atoms with Gasteiger partial charge >= 0.3 is 0 Å². The number of hydrogen-bond acceptors (Lipinski definition) is 2. The molecule has 0 saturated heterocycles. The van der Waals surface area contributed by atoms with Crippen LogP contribution in [0.3, 0.4) is 0 Å². The highest BCUT2D eigenvalue weighted by Crippen LogP contribution is 2.11. The number of rotatable bonds is 7. The summed E-state index contributed by atoms with van der Waals surface area (Å²) < 4.78 is 1.08. The molecular formula is C14H22BrClN2O. The van der Waals surface area contributed by atoms with Gasteiger partial charge < -0.3 is 10.6 Å². The number of halogens is 2. The van der Waals surface area contributed by atoms with Crippen LogP contribution in [0.25, 0.3) is 0 Å². The van der Waals surface area contributed by atoms with Gasteiger partial charge in [-0.1, -0.05) is 28.1 Å². The van der Waals surface area contributed by atoms with Gasteiger partial charge in [-0.3, -0.25) is 4.79 Å². The molecule has 1 aromatic carbocycles. The average Bonchev–Trinajstić information content (AvgIpc) is 2.32. The van der Waals surface area contributed by atoms with Crippen LogP contribution in [0.15, 0.2) is 28.7 Å². The minimum absolute atomic E-state index is 0. The predicted molar refractivity (Wildman–Crippen MR) is 85.9 cm³/mol. The number of amides is 1. The number of carbonyl (C=O) groups is 1. The van der Waals surface area contributed by atoms with Gasteiger partial charge in [0.25, 0.3) is 0 Å². The summed E-state index contributed by atoms with van der Waals surface area (Å²) in [5.74, 6) is 0.134. The zero-order chi connectivity index (χ0) is 13.4. The summed E-state index contributed by atoms with van der Waals surface area (Å²) in [6.45, 7) is 2.92. The van der Waals surface area contributed by atoms with Gasteiger partial charge in [0.1, 0.15) is 0 Å². The van der Waals surface area contributed by atoms with E-state index in [0.717, 1.165) is 23.9 Å². The zero-order valence-corrected chi connectivity index (χ0v) is 13.8. The van der Waals surface area contributed by atoms with Crippen LogP contribution in [0, 0.1) is 0 Å². The number of benzene rings is 1. The minimum atomic E-state index is 0. The van der Waals surface area contributed by atoms with Crippen LogP contribution in [-0.2, 0) is 11.2 Å². The fourth-order valence-corrected chi connectivity index (χ4v) is 2.06. The Hall–Kier alpha value is -0.580. The molecule has 0 fully saturated rings. The van der Waals surface area contributed by atoms with E-state index in [4.69, 9.17) is 0 Å². The molecule has 1 unspecified atom stereocenters. The lowest BCUT2D eigenvalue weighted by molar-refractivity contribution is -0.121. The van der Waals surface area contributed by atoms with Crippen molar-refractivity contribution in [3.05, 3.63) is 34.3 Å². The largest absolute Gasteiger partial charge is 0.353 e. The minimum Gasteiger partial charge on any atom is -0.353 e. The third kappa shape index (κ3) is 8.24. The Bertz CT molecular complexity index is 370. The second-order valence-corrected chi connectivity index (χ2v) is 5.42. The van der Waals surface area contributed by atoms with Gasteiger partial charge in [0.05, 0.1) is 0 Å². The van der Waals surface area contributed by atoms with E-state index < -0.39 is 0 Å². The molecule has 1 amide bonds. The van der Waals surface area contributed by atoms with Crippen molar-refractivity contribution in [3.8, 4) is 0 Å². The van der Waals surface area contributed by atoms with E-state index in [0.29, 0.717) is 6.42 Å². The smallest absolute Gasteiger partial charge is 0.220 e. The van der Waals surface area contributed by atoms with Crippen molar-refractivity contribution in [2.45, 2.75) is 32.2 Å². The molecule has 1 atom stereocenters. The van der Waals surface area contributed by atoms with Gasteiger partial charge in [-0.2, -0.15) is 0 Å². The summed E-state index contributed by atoms with van der Waals surface area (Å²) in [6.07, 6.45) is 2.34. The molecule has 2 N–H and O–H groups in total. The zero-order valence-electron chi connectivity index (χ0n) is 11.4. The maximum Gasteiger partial charge on any atom is 0.220 e. The fraction of sp³-hybridized carbons (Fsp3) is 0.500. The van der Waals surface area contributed by atoms with Gasteiger partial charge in [-0.15, -0.1) is 12.4 Å². The summed E-state index contributed by atoms with van der Waals surface area (Å²) in [7, 11) is 1.90. The van der Waals surface area contributed by atoms with Crippen LogP contribution in [-0.4, -0.2) is 25.5 Å². The van der Waals surface area contributed by atoms with Crippen molar-refractivity contribution in [3.63, 3.8) is 0 Å². The average molecular weight is 350 g/mol. The molecule has 1 rings (SSSR count). The Morgan fingerprint density at radius 3 is 2.53 bits per heavy atom. The van der Waals surface area contributed by atoms with Gasteiger partial charge in [0.2, 0.25) is 5.91 Å². The van der Waals surface area contributed by atoms with E-state index in [-0.39, 0.29) is 24.4 Å². The summed E-state index contributed by atoms with van der Waals surface area (Å²) in [5, 5.41) is 6.06. The maximum atomic E-state index is 11.6. The topological polar surface area (TPSA) is 41.1 Å². The summed E-state index contributed by atoms with van der Waals surface area (Å²) >= 11 is 3.41. The first-order valence-corrected chi connectivity index (χ1v) is 7.09. The van der Waals surface area contributed by atoms with Crippen LogP contribution >= 0.6 is 28.3 Å². The van der Waals surface area contributed by atoms with E-state index in [1.165, 1.54) is 5.56 Å². The second-order valence-electron chi connectivity index (χ2n) is 4.51. The van der Waals surface area contributed by atoms with E-state index in [1.807, 2.05) is 26.1 Å². The van der Waals surface area contributed by atoms with Crippen molar-refractivity contribution in [2.24, 2.45) is 0 Å². The fourth-order valence-electron chi connectivity index (χ4n) is 1.80. The van der Waals surface area contributed by atoms with Crippen LogP contribution in [0.1, 0.15) is 25.3 Å². The van der Waals surface area contributed by atoms with Gasteiger partial charge in [0.15, 0.2) is 0 Å². The Morgan fingerprint density at radius 2 is 1.95 bits per heavy atom. The monoisotopic (exact) mass is 348 g/mol. The lowest BCUT2D eigenvalue weighted by atomic mass is 10.1. The molecule has 108 valence electrons. The van der Waals surface area contributed by atoms with Crippen LogP contribution in [0.2, 0.25) is 0 Å². The Labute approximate surface area is 130 Å². The molecule has 19 heavy (non-hydrogen) atoms. The van der Waals surface area contributed by atoms with Crippen molar-refractivity contribution in [1.29, 1.82) is 0 Å². The van der Waals surface area contributed by atoms with Crippen molar-refractivity contribution in [1.82, 2.24) is 10.6 Å². The Kier molecular flexibility index (Phi) is 9.92. The van der Waals surface area contributed by atoms with Crippen LogP contribution < -0.4 is 10.6 Å². The molecule has 0 aliphatic rings. The first kappa shape index (κ1) is 18.4. The number of carbonyl (C=O) groups excluding carboxylic acids is 1. The van der Waals surface area contributed by atoms with Crippen LogP contribution in [0.4, 0.5) is 0 Å². The highest BCUT2D eigenvalue weighted by molar-refractivity contribution is 9.10. The van der Waals surface area contributed by atoms with E-state index in [9.17, 15) is 4.79 Å². The maximum absolute atomic E-state index is 11.6. The molecular weight excluding hydrogens is 328 g/mol. The second kappa shape index (κ2) is 10.2. The molecule has 0 bridgehead atoms. The summed E-state index contributed by atoms with van der Waals surface area (Å²) in [4.78, 5) is 11.6. The highest BCUT2D eigenvalue weighted by Gasteiger charge is 2.07. The standard InChI is InChI=1S/C14H21BrN2O.ClH/c1-11(17-14(18)4-3-9-16-2)10-12-5-7-13(15)8-6-12;/h5-8,11,16H,3-4,9-10H2,1-2H3,(H,17,18);1H. The molecule has 0 spiro atoms. The third-order valence-corrected chi connectivity index (χ3v) is 3.22. The Balaban J connectivity index is 0.00000324. The molecule has 3 nitrogen and oxygen atoms in total. The molecule has 5 heteroatoms. The molecule has 1 aromatic rings. The molecule has 0 radical (unpaired) electrons. The lowest BCUT2D eigenvalue weighted by Gasteiger charge is -2.14. The van der Waals surface area contributed by atoms with E-state index in [2.05, 4.69) is 38.7 Å². The third-order valence-electron chi connectivity index (χ3n) is 2.69. The van der Waals surface area contributed by atoms with Crippen LogP contribution in [0.5, 0.6) is 0 Å². The quantitative estimate of drug-likeness (QED) is 0.743. The first-order valence-electron chi connectivity index (χ1n) is 6.30. The summed E-state index contributed by atoms with van der Waals surface area (Å²) in [5.41, 5.74) is 1.24. The molecule has 0 heterocycles. The number of hydrogen-bond donors (Lipinski definition) is 2. The molecule has 0 aromatic heterocycles. The first-order chi connectivity index (χ1) is 8.61. The molecule has 0 saturated carbocycles. The van der Waals surface area contributed by atoms with Crippen molar-refractivity contribution < 1.29 is 4.79 Å². The van der Waals surface area contributed by atoms with E-state index in [1.54, 1.807) is 0 Å². The predicted octanol–water partition coefficient (Wildman–Crippen LogP) is 2.92. The normalized spacial score (nSPS) is 11.5. The number of nitrogens with one attached hydrogen (secondary N) is 2. The van der Waals surface area contributed by atoms with Crippen molar-refractivity contribution >= 4 is 34.2 Å².